The van der Waals surface area contributed by atoms with Crippen LogP contribution in [0.15, 0.2) is 18.2 Å². The van der Waals surface area contributed by atoms with Crippen LogP contribution in [0.2, 0.25) is 10.0 Å². The number of fused-ring (bicyclic) bond motifs is 1. The number of halogens is 5. The van der Waals surface area contributed by atoms with Crippen LogP contribution in [0.25, 0.3) is 10.9 Å². The molecule has 4 rings (SSSR count). The van der Waals surface area contributed by atoms with Gasteiger partial charge < -0.3 is 10.6 Å². The van der Waals surface area contributed by atoms with Crippen LogP contribution in [0.5, 0.6) is 0 Å². The molecule has 170 valence electrons. The van der Waals surface area contributed by atoms with Gasteiger partial charge in [-0.15, -0.1) is 0 Å². The van der Waals surface area contributed by atoms with Crippen molar-refractivity contribution in [2.45, 2.75) is 38.6 Å². The van der Waals surface area contributed by atoms with E-state index in [-0.39, 0.29) is 6.04 Å². The largest absolute Gasteiger partial charge is 0.368 e. The fraction of sp³-hybridized carbons (Fsp3) is 0.364. The number of carbonyl (C=O) groups excluding carboxylic acids is 1. The zero-order chi connectivity index (χ0) is 23.0. The molecule has 0 unspecified atom stereocenters. The monoisotopic (exact) mass is 484 g/mol. The lowest BCUT2D eigenvalue weighted by Crippen LogP contribution is -2.39. The molecule has 10 heteroatoms. The summed E-state index contributed by atoms with van der Waals surface area (Å²) in [6.45, 7) is 1.77. The average molecular weight is 485 g/mol. The standard InChI is InChI=1S/C22H21Cl2F3N4O/c1-10-18(25)16(17(24)20(27)19(10)26)22(32)29-13-5-2-11(3-6-13)9-28-21-14-8-12(23)4-7-15(14)30-31-21/h4,7-8,11,13H,2-3,5-6,9H2,1H3,(H,29,32)(H2,28,30,31). The summed E-state index contributed by atoms with van der Waals surface area (Å²) in [6, 6.07) is 5.31. The Morgan fingerprint density at radius 1 is 1.12 bits per heavy atom. The quantitative estimate of drug-likeness (QED) is 0.307. The van der Waals surface area contributed by atoms with Crippen LogP contribution >= 0.6 is 23.2 Å². The SMILES string of the molecule is Cc1c(F)c(F)c(Cl)c(C(=O)NC2CCC(CNc3n[nH]c4ccc(Cl)cc34)CC2)c1F. The normalized spacial score (nSPS) is 18.7. The first kappa shape index (κ1) is 22.7. The molecule has 32 heavy (non-hydrogen) atoms. The Kier molecular flexibility index (Phi) is 6.53. The summed E-state index contributed by atoms with van der Waals surface area (Å²) >= 11 is 11.8. The minimum absolute atomic E-state index is 0.201. The molecule has 0 spiro atoms. The summed E-state index contributed by atoms with van der Waals surface area (Å²) in [4.78, 5) is 12.5. The van der Waals surface area contributed by atoms with Gasteiger partial charge in [-0.05, 0) is 56.7 Å². The fourth-order valence-electron chi connectivity index (χ4n) is 4.08. The van der Waals surface area contributed by atoms with Gasteiger partial charge in [0.25, 0.3) is 5.91 Å². The van der Waals surface area contributed by atoms with Crippen LogP contribution in [0, 0.1) is 30.3 Å². The third-order valence-electron chi connectivity index (χ3n) is 5.97. The minimum atomic E-state index is -1.42. The van der Waals surface area contributed by atoms with Crippen molar-refractivity contribution in [1.82, 2.24) is 15.5 Å². The van der Waals surface area contributed by atoms with Crippen molar-refractivity contribution in [2.24, 2.45) is 5.92 Å². The molecule has 0 saturated heterocycles. The highest BCUT2D eigenvalue weighted by Gasteiger charge is 2.29. The Bertz CT molecular complexity index is 1150. The van der Waals surface area contributed by atoms with Crippen LogP contribution < -0.4 is 10.6 Å². The van der Waals surface area contributed by atoms with Gasteiger partial charge in [-0.1, -0.05) is 23.2 Å². The number of carbonyl (C=O) groups is 1. The number of aromatic nitrogens is 2. The Morgan fingerprint density at radius 3 is 2.56 bits per heavy atom. The van der Waals surface area contributed by atoms with E-state index >= 15 is 0 Å². The Balaban J connectivity index is 1.33. The summed E-state index contributed by atoms with van der Waals surface area (Å²) in [7, 11) is 0. The van der Waals surface area contributed by atoms with Gasteiger partial charge in [0.15, 0.2) is 17.5 Å². The van der Waals surface area contributed by atoms with E-state index in [1.807, 2.05) is 12.1 Å². The zero-order valence-corrected chi connectivity index (χ0v) is 18.7. The Morgan fingerprint density at radius 2 is 1.84 bits per heavy atom. The summed E-state index contributed by atoms with van der Waals surface area (Å²) in [6.07, 6.45) is 3.00. The summed E-state index contributed by atoms with van der Waals surface area (Å²) < 4.78 is 41.9. The van der Waals surface area contributed by atoms with Gasteiger partial charge >= 0.3 is 0 Å². The minimum Gasteiger partial charge on any atom is -0.368 e. The molecule has 3 N–H and O–H groups in total. The number of H-pyrrole nitrogens is 1. The molecule has 1 saturated carbocycles. The molecule has 0 radical (unpaired) electrons. The molecule has 2 aromatic carbocycles. The van der Waals surface area contributed by atoms with E-state index in [0.717, 1.165) is 36.5 Å². The number of rotatable bonds is 5. The lowest BCUT2D eigenvalue weighted by atomic mass is 9.86. The number of hydrogen-bond donors (Lipinski definition) is 3. The molecule has 1 amide bonds. The highest BCUT2D eigenvalue weighted by atomic mass is 35.5. The van der Waals surface area contributed by atoms with E-state index in [9.17, 15) is 18.0 Å². The molecule has 1 fully saturated rings. The van der Waals surface area contributed by atoms with Gasteiger partial charge in [0.1, 0.15) is 5.82 Å². The van der Waals surface area contributed by atoms with E-state index < -0.39 is 39.5 Å². The van der Waals surface area contributed by atoms with Gasteiger partial charge in [-0.3, -0.25) is 9.89 Å². The molecular weight excluding hydrogens is 464 g/mol. The smallest absolute Gasteiger partial charge is 0.256 e. The van der Waals surface area contributed by atoms with E-state index in [0.29, 0.717) is 30.3 Å². The van der Waals surface area contributed by atoms with Crippen LogP contribution in [0.4, 0.5) is 19.0 Å². The number of amides is 1. The van der Waals surface area contributed by atoms with Gasteiger partial charge in [-0.2, -0.15) is 5.10 Å². The first-order chi connectivity index (χ1) is 15.3. The Labute approximate surface area is 192 Å². The molecule has 5 nitrogen and oxygen atoms in total. The van der Waals surface area contributed by atoms with Gasteiger partial charge in [0.05, 0.1) is 16.1 Å². The lowest BCUT2D eigenvalue weighted by molar-refractivity contribution is 0.0918. The number of aromatic amines is 1. The van der Waals surface area contributed by atoms with Gasteiger partial charge in [-0.25, -0.2) is 13.2 Å². The molecule has 3 aromatic rings. The molecule has 1 aliphatic carbocycles. The molecule has 1 heterocycles. The maximum atomic E-state index is 14.4. The maximum Gasteiger partial charge on any atom is 0.256 e. The van der Waals surface area contributed by atoms with Crippen molar-refractivity contribution in [3.63, 3.8) is 0 Å². The highest BCUT2D eigenvalue weighted by Crippen LogP contribution is 2.30. The summed E-state index contributed by atoms with van der Waals surface area (Å²) in [5.41, 5.74) is -0.336. The van der Waals surface area contributed by atoms with Crippen molar-refractivity contribution in [1.29, 1.82) is 0 Å². The number of nitrogens with zero attached hydrogens (tertiary/aromatic N) is 1. The molecular formula is C22H21Cl2F3N4O. The van der Waals surface area contributed by atoms with Crippen LogP contribution in [-0.4, -0.2) is 28.7 Å². The van der Waals surface area contributed by atoms with E-state index in [1.54, 1.807) is 6.07 Å². The summed E-state index contributed by atoms with van der Waals surface area (Å²) in [5, 5.41) is 14.0. The molecule has 0 atom stereocenters. The highest BCUT2D eigenvalue weighted by molar-refractivity contribution is 6.34. The first-order valence-electron chi connectivity index (χ1n) is 10.3. The number of nitrogens with one attached hydrogen (secondary N) is 3. The number of anilines is 1. The fourth-order valence-corrected chi connectivity index (χ4v) is 4.50. The molecule has 0 aliphatic heterocycles. The van der Waals surface area contributed by atoms with Gasteiger partial charge in [0.2, 0.25) is 0 Å². The average Bonchev–Trinajstić information content (AvgIpc) is 3.18. The second kappa shape index (κ2) is 9.19. The lowest BCUT2D eigenvalue weighted by Gasteiger charge is -2.29. The predicted molar refractivity (Wildman–Crippen MR) is 119 cm³/mol. The number of hydrogen-bond acceptors (Lipinski definition) is 3. The van der Waals surface area contributed by atoms with Crippen molar-refractivity contribution in [2.75, 3.05) is 11.9 Å². The first-order valence-corrected chi connectivity index (χ1v) is 11.0. The van der Waals surface area contributed by atoms with Crippen molar-refractivity contribution in [3.8, 4) is 0 Å². The maximum absolute atomic E-state index is 14.4. The zero-order valence-electron chi connectivity index (χ0n) is 17.2. The summed E-state index contributed by atoms with van der Waals surface area (Å²) in [5.74, 6) is -3.69. The molecule has 1 aromatic heterocycles. The number of benzene rings is 2. The van der Waals surface area contributed by atoms with Crippen molar-refractivity contribution < 1.29 is 18.0 Å². The van der Waals surface area contributed by atoms with Crippen molar-refractivity contribution in [3.05, 3.63) is 56.8 Å². The van der Waals surface area contributed by atoms with Crippen LogP contribution in [-0.2, 0) is 0 Å². The molecule has 0 bridgehead atoms. The van der Waals surface area contributed by atoms with Crippen LogP contribution in [0.3, 0.4) is 0 Å². The Hall–Kier alpha value is -2.45. The van der Waals surface area contributed by atoms with E-state index in [1.165, 1.54) is 0 Å². The van der Waals surface area contributed by atoms with E-state index in [4.69, 9.17) is 23.2 Å². The van der Waals surface area contributed by atoms with E-state index in [2.05, 4.69) is 20.8 Å². The van der Waals surface area contributed by atoms with Crippen LogP contribution in [0.1, 0.15) is 41.6 Å². The second-order valence-corrected chi connectivity index (χ2v) is 8.90. The van der Waals surface area contributed by atoms with Crippen molar-refractivity contribution >= 4 is 45.8 Å². The topological polar surface area (TPSA) is 69.8 Å². The second-order valence-electron chi connectivity index (χ2n) is 8.09. The third kappa shape index (κ3) is 4.38. The van der Waals surface area contributed by atoms with Gasteiger partial charge in [0, 0.05) is 28.6 Å². The third-order valence-corrected chi connectivity index (χ3v) is 6.56. The molecule has 1 aliphatic rings. The predicted octanol–water partition coefficient (Wildman–Crippen LogP) is 6.00.